The largest absolute Gasteiger partial charge is 0.347 e. The van der Waals surface area contributed by atoms with Crippen molar-refractivity contribution in [1.29, 1.82) is 0 Å². The topological polar surface area (TPSA) is 32.3 Å². The number of fused-ring (bicyclic) bond motifs is 1. The Morgan fingerprint density at radius 1 is 1.08 bits per heavy atom. The molecule has 0 unspecified atom stereocenters. The zero-order chi connectivity index (χ0) is 17.3. The Morgan fingerprint density at radius 2 is 1.76 bits per heavy atom. The van der Waals surface area contributed by atoms with Crippen LogP contribution in [0.5, 0.6) is 0 Å². The summed E-state index contributed by atoms with van der Waals surface area (Å²) in [5.41, 5.74) is 2.03. The van der Waals surface area contributed by atoms with E-state index in [9.17, 15) is 4.79 Å². The maximum Gasteiger partial charge on any atom is 0.251 e. The predicted octanol–water partition coefficient (Wildman–Crippen LogP) is 3.72. The molecule has 2 fully saturated rings. The van der Waals surface area contributed by atoms with Gasteiger partial charge in [0.15, 0.2) is 0 Å². The van der Waals surface area contributed by atoms with E-state index in [1.165, 1.54) is 12.0 Å². The van der Waals surface area contributed by atoms with E-state index >= 15 is 0 Å². The van der Waals surface area contributed by atoms with Gasteiger partial charge >= 0.3 is 0 Å². The minimum atomic E-state index is -0.0942. The maximum atomic E-state index is 12.6. The summed E-state index contributed by atoms with van der Waals surface area (Å²) in [5, 5.41) is 3.36. The molecule has 130 valence electrons. The number of amides is 1. The molecule has 1 saturated heterocycles. The van der Waals surface area contributed by atoms with Gasteiger partial charge in [-0.3, -0.25) is 9.69 Å². The molecule has 1 N–H and O–H groups in total. The zero-order valence-corrected chi connectivity index (χ0v) is 14.8. The summed E-state index contributed by atoms with van der Waals surface area (Å²) in [4.78, 5) is 15.2. The zero-order valence-electron chi connectivity index (χ0n) is 14.8. The van der Waals surface area contributed by atoms with Crippen molar-refractivity contribution >= 4 is 5.91 Å². The first-order valence-electron chi connectivity index (χ1n) is 9.28. The van der Waals surface area contributed by atoms with Gasteiger partial charge in [0.25, 0.3) is 5.91 Å². The lowest BCUT2D eigenvalue weighted by Gasteiger charge is -2.33. The van der Waals surface area contributed by atoms with Gasteiger partial charge in [-0.2, -0.15) is 0 Å². The van der Waals surface area contributed by atoms with Crippen LogP contribution in [0.15, 0.2) is 60.7 Å². The average molecular weight is 334 g/mol. The maximum absolute atomic E-state index is 12.6. The van der Waals surface area contributed by atoms with Crippen molar-refractivity contribution in [2.24, 2.45) is 11.8 Å². The standard InChI is InChI=1S/C22H26N2O/c1-22(23-21(25)18-10-6-3-7-11-18)13-12-19-15-24(16-20(19)22)14-17-8-4-2-5-9-17/h2-11,19-20H,12-16H2,1H3,(H,23,25)/t19-,20+,22-/m1/s1. The van der Waals surface area contributed by atoms with E-state index in [2.05, 4.69) is 47.5 Å². The van der Waals surface area contributed by atoms with Crippen molar-refractivity contribution in [2.75, 3.05) is 13.1 Å². The molecule has 1 amide bonds. The van der Waals surface area contributed by atoms with Gasteiger partial charge in [-0.05, 0) is 49.3 Å². The molecule has 4 rings (SSSR count). The van der Waals surface area contributed by atoms with E-state index in [1.54, 1.807) is 0 Å². The molecule has 2 aromatic carbocycles. The van der Waals surface area contributed by atoms with Crippen LogP contribution in [-0.2, 0) is 6.54 Å². The number of carbonyl (C=O) groups is 1. The van der Waals surface area contributed by atoms with E-state index in [0.717, 1.165) is 31.6 Å². The van der Waals surface area contributed by atoms with Gasteiger partial charge in [0.1, 0.15) is 0 Å². The van der Waals surface area contributed by atoms with Crippen LogP contribution < -0.4 is 5.32 Å². The molecule has 3 nitrogen and oxygen atoms in total. The van der Waals surface area contributed by atoms with E-state index in [1.807, 2.05) is 30.3 Å². The van der Waals surface area contributed by atoms with Gasteiger partial charge in [0.2, 0.25) is 0 Å². The van der Waals surface area contributed by atoms with E-state index < -0.39 is 0 Å². The van der Waals surface area contributed by atoms with Crippen molar-refractivity contribution in [3.63, 3.8) is 0 Å². The number of hydrogen-bond acceptors (Lipinski definition) is 2. The van der Waals surface area contributed by atoms with E-state index in [-0.39, 0.29) is 11.4 Å². The fourth-order valence-electron chi connectivity index (χ4n) is 4.69. The molecular weight excluding hydrogens is 308 g/mol. The second kappa shape index (κ2) is 6.64. The van der Waals surface area contributed by atoms with Crippen molar-refractivity contribution in [1.82, 2.24) is 10.2 Å². The monoisotopic (exact) mass is 334 g/mol. The molecule has 0 aromatic heterocycles. The van der Waals surface area contributed by atoms with Gasteiger partial charge in [-0.15, -0.1) is 0 Å². The third-order valence-electron chi connectivity index (χ3n) is 6.05. The number of hydrogen-bond donors (Lipinski definition) is 1. The molecule has 1 heterocycles. The van der Waals surface area contributed by atoms with Gasteiger partial charge in [0.05, 0.1) is 0 Å². The van der Waals surface area contributed by atoms with Gasteiger partial charge in [-0.25, -0.2) is 0 Å². The Bertz CT molecular complexity index is 730. The lowest BCUT2D eigenvalue weighted by molar-refractivity contribution is 0.0878. The second-order valence-corrected chi connectivity index (χ2v) is 7.82. The number of rotatable bonds is 4. The first kappa shape index (κ1) is 16.3. The molecule has 1 aliphatic heterocycles. The fourth-order valence-corrected chi connectivity index (χ4v) is 4.69. The molecule has 1 aliphatic carbocycles. The first-order valence-corrected chi connectivity index (χ1v) is 9.28. The summed E-state index contributed by atoms with van der Waals surface area (Å²) in [6, 6.07) is 20.3. The molecular formula is C22H26N2O. The van der Waals surface area contributed by atoms with Crippen LogP contribution in [-0.4, -0.2) is 29.4 Å². The third kappa shape index (κ3) is 3.34. The Hall–Kier alpha value is -2.13. The smallest absolute Gasteiger partial charge is 0.251 e. The highest BCUT2D eigenvalue weighted by Gasteiger charge is 2.50. The number of carbonyl (C=O) groups excluding carboxylic acids is 1. The Balaban J connectivity index is 1.43. The summed E-state index contributed by atoms with van der Waals surface area (Å²) in [5.74, 6) is 1.30. The van der Waals surface area contributed by atoms with E-state index in [4.69, 9.17) is 0 Å². The normalized spacial score (nSPS) is 28.7. The number of nitrogens with zero attached hydrogens (tertiary/aromatic N) is 1. The van der Waals surface area contributed by atoms with Crippen LogP contribution in [0.3, 0.4) is 0 Å². The van der Waals surface area contributed by atoms with Crippen molar-refractivity contribution < 1.29 is 4.79 Å². The van der Waals surface area contributed by atoms with Gasteiger partial charge < -0.3 is 5.32 Å². The molecule has 0 radical (unpaired) electrons. The van der Waals surface area contributed by atoms with E-state index in [0.29, 0.717) is 11.8 Å². The van der Waals surface area contributed by atoms with Crippen LogP contribution in [0.25, 0.3) is 0 Å². The first-order chi connectivity index (χ1) is 12.1. The summed E-state index contributed by atoms with van der Waals surface area (Å²) >= 11 is 0. The van der Waals surface area contributed by atoms with Crippen LogP contribution in [0.2, 0.25) is 0 Å². The van der Waals surface area contributed by atoms with Crippen molar-refractivity contribution in [3.05, 3.63) is 71.8 Å². The summed E-state index contributed by atoms with van der Waals surface area (Å²) in [6.07, 6.45) is 2.29. The highest BCUT2D eigenvalue weighted by molar-refractivity contribution is 5.94. The molecule has 3 atom stereocenters. The SMILES string of the molecule is C[C@@]1(NC(=O)c2ccccc2)CC[C@@H]2CN(Cc3ccccc3)C[C@@H]21. The van der Waals surface area contributed by atoms with Crippen molar-refractivity contribution in [3.8, 4) is 0 Å². The minimum Gasteiger partial charge on any atom is -0.347 e. The highest BCUT2D eigenvalue weighted by Crippen LogP contribution is 2.45. The molecule has 2 aromatic rings. The summed E-state index contributed by atoms with van der Waals surface area (Å²) in [7, 11) is 0. The number of nitrogens with one attached hydrogen (secondary N) is 1. The summed E-state index contributed by atoms with van der Waals surface area (Å²) in [6.45, 7) is 5.47. The van der Waals surface area contributed by atoms with Gasteiger partial charge in [0, 0.05) is 30.7 Å². The minimum absolute atomic E-state index is 0.0604. The van der Waals surface area contributed by atoms with Crippen LogP contribution >= 0.6 is 0 Å². The molecule has 1 saturated carbocycles. The van der Waals surface area contributed by atoms with Crippen molar-refractivity contribution in [2.45, 2.75) is 31.8 Å². The predicted molar refractivity (Wildman–Crippen MR) is 100 cm³/mol. The van der Waals surface area contributed by atoms with Crippen LogP contribution in [0, 0.1) is 11.8 Å². The second-order valence-electron chi connectivity index (χ2n) is 7.82. The fraction of sp³-hybridized carbons (Fsp3) is 0.409. The molecule has 0 bridgehead atoms. The highest BCUT2D eigenvalue weighted by atomic mass is 16.1. The summed E-state index contributed by atoms with van der Waals surface area (Å²) < 4.78 is 0. The lowest BCUT2D eigenvalue weighted by atomic mass is 9.86. The molecule has 25 heavy (non-hydrogen) atoms. The van der Waals surface area contributed by atoms with Crippen LogP contribution in [0.4, 0.5) is 0 Å². The van der Waals surface area contributed by atoms with Crippen LogP contribution in [0.1, 0.15) is 35.7 Å². The molecule has 2 aliphatic rings. The lowest BCUT2D eigenvalue weighted by Crippen LogP contribution is -2.50. The molecule has 0 spiro atoms. The average Bonchev–Trinajstić information content (AvgIpc) is 3.17. The number of likely N-dealkylation sites (tertiary alicyclic amines) is 1. The van der Waals surface area contributed by atoms with Gasteiger partial charge in [-0.1, -0.05) is 48.5 Å². The Morgan fingerprint density at radius 3 is 2.48 bits per heavy atom. The molecule has 3 heteroatoms. The quantitative estimate of drug-likeness (QED) is 0.924. The third-order valence-corrected chi connectivity index (χ3v) is 6.05. The Kier molecular flexibility index (Phi) is 4.34. The Labute approximate surface area is 150 Å². The number of benzene rings is 2.